The Morgan fingerprint density at radius 2 is 1.62 bits per heavy atom. The Hall–Kier alpha value is -6.00. The standard InChI is InChI=1S/C37H43ClF6N10O7/c1-20(2)27(49-33(58)61-35(3,4)5)32(57)47-16-8-6-7-11-26(55)60-24(37(42,43)44)18-52-29(21-12-14-22(38)15-13-21)51-53(34(52)59)19-25-48-31(28(45)56)54(50-25)30-23(36(39,40)41)10-9-17-46-30/h9-10,12-15,17,20,24,27H,6-8,11,16,18-19H2,1-5H3,(H2,45,56)(H,47,57)(H,49,58)/t24-,27-/m0/s1. The maximum atomic E-state index is 14.4. The van der Waals surface area contributed by atoms with Crippen LogP contribution >= 0.6 is 11.6 Å². The van der Waals surface area contributed by atoms with Crippen LogP contribution in [0.5, 0.6) is 0 Å². The quantitative estimate of drug-likeness (QED) is 0.0710. The first-order valence-electron chi connectivity index (χ1n) is 18.6. The zero-order valence-electron chi connectivity index (χ0n) is 33.4. The van der Waals surface area contributed by atoms with Gasteiger partial charge in [0.25, 0.3) is 5.91 Å². The second-order valence-electron chi connectivity index (χ2n) is 14.9. The van der Waals surface area contributed by atoms with Gasteiger partial charge in [-0.2, -0.15) is 31.0 Å². The molecule has 17 nitrogen and oxygen atoms in total. The van der Waals surface area contributed by atoms with E-state index in [9.17, 15) is 50.3 Å². The number of alkyl carbamates (subject to hydrolysis) is 1. The molecule has 3 aromatic heterocycles. The van der Waals surface area contributed by atoms with E-state index in [2.05, 4.69) is 30.8 Å². The summed E-state index contributed by atoms with van der Waals surface area (Å²) in [6, 6.07) is 6.20. The van der Waals surface area contributed by atoms with Crippen LogP contribution in [0.3, 0.4) is 0 Å². The van der Waals surface area contributed by atoms with Crippen molar-refractivity contribution in [3.8, 4) is 17.2 Å². The molecular weight excluding hydrogens is 846 g/mol. The maximum absolute atomic E-state index is 14.4. The van der Waals surface area contributed by atoms with Crippen LogP contribution in [-0.2, 0) is 38.3 Å². The third kappa shape index (κ3) is 13.2. The number of nitrogens with zero attached hydrogens (tertiary/aromatic N) is 7. The molecule has 61 heavy (non-hydrogen) atoms. The van der Waals surface area contributed by atoms with Gasteiger partial charge in [0.2, 0.25) is 17.8 Å². The number of pyridine rings is 1. The Kier molecular flexibility index (Phi) is 15.3. The van der Waals surface area contributed by atoms with Crippen molar-refractivity contribution in [2.45, 2.75) is 103 Å². The number of nitrogens with one attached hydrogen (secondary N) is 2. The summed E-state index contributed by atoms with van der Waals surface area (Å²) in [5.74, 6) is -5.82. The van der Waals surface area contributed by atoms with Crippen molar-refractivity contribution in [3.05, 3.63) is 75.3 Å². The van der Waals surface area contributed by atoms with Crippen LogP contribution < -0.4 is 22.1 Å². The van der Waals surface area contributed by atoms with Crippen molar-refractivity contribution in [2.75, 3.05) is 6.54 Å². The van der Waals surface area contributed by atoms with Crippen molar-refractivity contribution < 1.29 is 55.0 Å². The highest BCUT2D eigenvalue weighted by molar-refractivity contribution is 6.30. The third-order valence-electron chi connectivity index (χ3n) is 8.45. The fourth-order valence-electron chi connectivity index (χ4n) is 5.62. The first kappa shape index (κ1) is 47.7. The SMILES string of the molecule is CC(C)[C@H](NC(=O)OC(C)(C)C)C(=O)NCCCCCC(=O)O[C@@H](Cn1c(-c2ccc(Cl)cc2)nn(Cc2nc(C(N)=O)n(-c3ncccc3C(F)(F)F)n2)c1=O)C(F)(F)F. The van der Waals surface area contributed by atoms with E-state index in [-0.39, 0.29) is 35.3 Å². The molecule has 0 aliphatic carbocycles. The summed E-state index contributed by atoms with van der Waals surface area (Å²) in [7, 11) is 0. The van der Waals surface area contributed by atoms with Gasteiger partial charge in [-0.3, -0.25) is 19.0 Å². The van der Waals surface area contributed by atoms with Gasteiger partial charge in [0, 0.05) is 29.7 Å². The number of carbonyl (C=O) groups is 4. The lowest BCUT2D eigenvalue weighted by Gasteiger charge is -2.25. The smallest absolute Gasteiger partial charge is 0.427 e. The monoisotopic (exact) mass is 888 g/mol. The van der Waals surface area contributed by atoms with Crippen LogP contribution in [0.1, 0.15) is 82.3 Å². The Bertz CT molecular complexity index is 2250. The lowest BCUT2D eigenvalue weighted by molar-refractivity contribution is -0.224. The summed E-state index contributed by atoms with van der Waals surface area (Å²) in [5.41, 5.74) is 2.17. The van der Waals surface area contributed by atoms with Crippen LogP contribution in [0, 0.1) is 5.92 Å². The topological polar surface area (TPSA) is 220 Å². The summed E-state index contributed by atoms with van der Waals surface area (Å²) >= 11 is 5.99. The van der Waals surface area contributed by atoms with Crippen molar-refractivity contribution in [1.82, 2.24) is 44.7 Å². The number of rotatable bonds is 17. The summed E-state index contributed by atoms with van der Waals surface area (Å²) in [5, 5.41) is 13.5. The Labute approximate surface area is 348 Å². The number of halogens is 7. The number of ether oxygens (including phenoxy) is 2. The van der Waals surface area contributed by atoms with Crippen LogP contribution in [0.2, 0.25) is 5.02 Å². The molecule has 0 bridgehead atoms. The number of alkyl halides is 6. The number of amides is 3. The molecule has 0 saturated heterocycles. The molecule has 0 aliphatic heterocycles. The molecule has 4 rings (SSSR count). The van der Waals surface area contributed by atoms with E-state index < -0.39 is 102 Å². The lowest BCUT2D eigenvalue weighted by atomic mass is 10.0. The number of esters is 1. The van der Waals surface area contributed by atoms with Crippen molar-refractivity contribution in [2.24, 2.45) is 11.7 Å². The minimum absolute atomic E-state index is 0.0762. The van der Waals surface area contributed by atoms with Crippen molar-refractivity contribution in [3.63, 3.8) is 0 Å². The Balaban J connectivity index is 1.49. The van der Waals surface area contributed by atoms with E-state index >= 15 is 0 Å². The number of carbonyl (C=O) groups excluding carboxylic acids is 4. The number of primary amides is 1. The maximum Gasteiger partial charge on any atom is 0.427 e. The molecule has 0 fully saturated rings. The van der Waals surface area contributed by atoms with E-state index in [0.29, 0.717) is 32.8 Å². The highest BCUT2D eigenvalue weighted by Gasteiger charge is 2.44. The summed E-state index contributed by atoms with van der Waals surface area (Å²) in [6.45, 7) is 6.55. The third-order valence-corrected chi connectivity index (χ3v) is 8.70. The summed E-state index contributed by atoms with van der Waals surface area (Å²) < 4.78 is 96.3. The Morgan fingerprint density at radius 3 is 2.21 bits per heavy atom. The molecule has 4 aromatic rings. The lowest BCUT2D eigenvalue weighted by Crippen LogP contribution is -2.51. The molecule has 0 saturated carbocycles. The number of hydrogen-bond acceptors (Lipinski definition) is 11. The van der Waals surface area contributed by atoms with Gasteiger partial charge in [0.1, 0.15) is 23.8 Å². The Morgan fingerprint density at radius 1 is 0.951 bits per heavy atom. The second kappa shape index (κ2) is 19.6. The molecule has 3 amide bonds. The normalized spacial score (nSPS) is 13.1. The fraction of sp³-hybridized carbons (Fsp3) is 0.486. The van der Waals surface area contributed by atoms with Crippen LogP contribution in [-0.4, -0.2) is 88.4 Å². The predicted molar refractivity (Wildman–Crippen MR) is 204 cm³/mol. The van der Waals surface area contributed by atoms with Crippen LogP contribution in [0.4, 0.5) is 31.1 Å². The largest absolute Gasteiger partial charge is 0.451 e. The van der Waals surface area contributed by atoms with Gasteiger partial charge in [0.15, 0.2) is 17.5 Å². The molecular formula is C37H43ClF6N10O7. The van der Waals surface area contributed by atoms with Gasteiger partial charge in [0.05, 0.1) is 6.54 Å². The van der Waals surface area contributed by atoms with Gasteiger partial charge >= 0.3 is 30.1 Å². The highest BCUT2D eigenvalue weighted by atomic mass is 35.5. The molecule has 0 radical (unpaired) electrons. The van der Waals surface area contributed by atoms with Gasteiger partial charge < -0.3 is 25.8 Å². The van der Waals surface area contributed by atoms with Gasteiger partial charge in [-0.15, -0.1) is 10.2 Å². The first-order valence-corrected chi connectivity index (χ1v) is 19.0. The number of unbranched alkanes of at least 4 members (excludes halogenated alkanes) is 2. The first-order chi connectivity index (χ1) is 28.4. The van der Waals surface area contributed by atoms with E-state index in [1.54, 1.807) is 34.6 Å². The average Bonchev–Trinajstić information content (AvgIpc) is 3.71. The molecule has 4 N–H and O–H groups in total. The van der Waals surface area contributed by atoms with Crippen molar-refractivity contribution >= 4 is 35.5 Å². The minimum atomic E-state index is -5.19. The zero-order chi connectivity index (χ0) is 45.4. The van der Waals surface area contributed by atoms with E-state index in [1.807, 2.05) is 0 Å². The van der Waals surface area contributed by atoms with Gasteiger partial charge in [-0.25, -0.2) is 24.2 Å². The average molecular weight is 889 g/mol. The molecule has 332 valence electrons. The van der Waals surface area contributed by atoms with E-state index in [4.69, 9.17) is 26.8 Å². The fourth-order valence-corrected chi connectivity index (χ4v) is 5.75. The van der Waals surface area contributed by atoms with Gasteiger partial charge in [-0.05, 0) is 75.9 Å². The predicted octanol–water partition coefficient (Wildman–Crippen LogP) is 5.21. The number of hydrogen-bond donors (Lipinski definition) is 3. The van der Waals surface area contributed by atoms with Crippen LogP contribution in [0.15, 0.2) is 47.4 Å². The van der Waals surface area contributed by atoms with Crippen molar-refractivity contribution in [1.29, 1.82) is 0 Å². The van der Waals surface area contributed by atoms with Gasteiger partial charge in [-0.1, -0.05) is 31.9 Å². The number of benzene rings is 1. The summed E-state index contributed by atoms with van der Waals surface area (Å²) in [6.07, 6.45) is -12.5. The van der Waals surface area contributed by atoms with E-state index in [1.165, 1.54) is 24.3 Å². The second-order valence-corrected chi connectivity index (χ2v) is 15.3. The number of nitrogens with two attached hydrogens (primary N) is 1. The highest BCUT2D eigenvalue weighted by Crippen LogP contribution is 2.33. The molecule has 1 aromatic carbocycles. The van der Waals surface area contributed by atoms with E-state index in [0.717, 1.165) is 12.3 Å². The molecule has 0 unspecified atom stereocenters. The molecule has 3 heterocycles. The minimum Gasteiger partial charge on any atom is -0.451 e. The zero-order valence-corrected chi connectivity index (χ0v) is 34.2. The molecule has 0 aliphatic rings. The summed E-state index contributed by atoms with van der Waals surface area (Å²) in [4.78, 5) is 71.1. The number of aromatic nitrogens is 7. The van der Waals surface area contributed by atoms with Crippen LogP contribution in [0.25, 0.3) is 17.2 Å². The molecule has 0 spiro atoms. The molecule has 24 heteroatoms. The molecule has 2 atom stereocenters.